The van der Waals surface area contributed by atoms with Crippen LogP contribution in [0.25, 0.3) is 32.0 Å². The van der Waals surface area contributed by atoms with Gasteiger partial charge in [-0.15, -0.1) is 0 Å². The van der Waals surface area contributed by atoms with Crippen molar-refractivity contribution in [3.05, 3.63) is 70.8 Å². The van der Waals surface area contributed by atoms with E-state index >= 15 is 0 Å². The van der Waals surface area contributed by atoms with Crippen LogP contribution in [0.3, 0.4) is 0 Å². The van der Waals surface area contributed by atoms with Gasteiger partial charge in [-0.1, -0.05) is 97.4 Å². The van der Waals surface area contributed by atoms with E-state index in [1.54, 1.807) is 22.7 Å². The van der Waals surface area contributed by atoms with Gasteiger partial charge in [-0.2, -0.15) is 22.7 Å². The molecule has 4 nitrogen and oxygen atoms in total. The molecule has 2 atom stereocenters. The predicted molar refractivity (Wildman–Crippen MR) is 223 cm³/mol. The zero-order valence-corrected chi connectivity index (χ0v) is 32.9. The van der Waals surface area contributed by atoms with E-state index in [0.29, 0.717) is 36.1 Å². The molecule has 2 unspecified atom stereocenters. The molecule has 8 heteroatoms. The van der Waals surface area contributed by atoms with Gasteiger partial charge < -0.3 is 9.80 Å². The first kappa shape index (κ1) is 37.4. The molecule has 0 aliphatic carbocycles. The van der Waals surface area contributed by atoms with Crippen LogP contribution in [0.5, 0.6) is 0 Å². The summed E-state index contributed by atoms with van der Waals surface area (Å²) >= 11 is 3.17. The molecule has 0 N–H and O–H groups in total. The minimum atomic E-state index is -0.0733. The first-order chi connectivity index (χ1) is 24.6. The highest BCUT2D eigenvalue weighted by molar-refractivity contribution is 7.23. The Morgan fingerprint density at radius 1 is 0.647 bits per heavy atom. The fourth-order valence-electron chi connectivity index (χ4n) is 7.65. The van der Waals surface area contributed by atoms with E-state index in [4.69, 9.17) is 15.7 Å². The number of thiophene rings is 2. The van der Waals surface area contributed by atoms with Crippen LogP contribution < -0.4 is 19.4 Å². The number of unbranched alkanes of at least 4 members (excludes halogenated alkanes) is 2. The molecule has 0 fully saturated rings. The second-order valence-electron chi connectivity index (χ2n) is 14.4. The van der Waals surface area contributed by atoms with Gasteiger partial charge in [-0.25, -0.2) is 0 Å². The number of carbonyl (C=O) groups is 2. The molecule has 4 aromatic rings. The standard InChI is InChI=1S/C43H50B2N2O2S2/c1-7-12-14-27(9-3)24-46-34-21-30(36-20-26(6)40(44)50-36)16-18-32(34)38(42(46)48)39-33-19-17-31(37-23-29(11-5)41(45)51-37)22-35(33)47(43(39)49)25-28(10-4)15-13-8-2/h16-23,27-28H,7-15,24-25H2,1-6H3/b39-38+. The zero-order valence-electron chi connectivity index (χ0n) is 31.2. The van der Waals surface area contributed by atoms with E-state index in [1.807, 2.05) is 16.7 Å². The number of hydrogen-bond donors (Lipinski definition) is 0. The summed E-state index contributed by atoms with van der Waals surface area (Å²) in [4.78, 5) is 35.9. The summed E-state index contributed by atoms with van der Waals surface area (Å²) in [5.74, 6) is 0.595. The number of fused-ring (bicyclic) bond motifs is 2. The van der Waals surface area contributed by atoms with Gasteiger partial charge in [0.15, 0.2) is 0 Å². The van der Waals surface area contributed by atoms with E-state index in [0.717, 1.165) is 122 Å². The largest absolute Gasteiger partial charge is 0.307 e. The lowest BCUT2D eigenvalue weighted by molar-refractivity contribution is -0.114. The molecule has 0 spiro atoms. The molecule has 2 amide bonds. The Hall–Kier alpha value is -3.35. The summed E-state index contributed by atoms with van der Waals surface area (Å²) in [5.41, 5.74) is 8.81. The second kappa shape index (κ2) is 16.1. The Kier molecular flexibility index (Phi) is 11.8. The maximum atomic E-state index is 14.9. The van der Waals surface area contributed by atoms with Crippen molar-refractivity contribution in [3.63, 3.8) is 0 Å². The van der Waals surface area contributed by atoms with Crippen molar-refractivity contribution in [1.29, 1.82) is 0 Å². The van der Waals surface area contributed by atoms with Crippen LogP contribution in [-0.4, -0.2) is 40.6 Å². The topological polar surface area (TPSA) is 40.6 Å². The molecule has 4 heterocycles. The Balaban J connectivity index is 1.52. The van der Waals surface area contributed by atoms with Gasteiger partial charge in [0.2, 0.25) is 0 Å². The highest BCUT2D eigenvalue weighted by Gasteiger charge is 2.43. The third kappa shape index (κ3) is 7.33. The fraction of sp³-hybridized carbons (Fsp3) is 0.442. The number of anilines is 2. The smallest absolute Gasteiger partial charge is 0.259 e. The number of aryl methyl sites for hydroxylation is 2. The van der Waals surface area contributed by atoms with Crippen LogP contribution in [0.4, 0.5) is 11.4 Å². The summed E-state index contributed by atoms with van der Waals surface area (Å²) in [6.45, 7) is 14.3. The van der Waals surface area contributed by atoms with Crippen molar-refractivity contribution < 1.29 is 9.59 Å². The van der Waals surface area contributed by atoms with E-state index in [2.05, 4.69) is 83.1 Å². The number of carbonyl (C=O) groups excluding carboxylic acids is 2. The zero-order chi connectivity index (χ0) is 36.4. The second-order valence-corrected chi connectivity index (χ2v) is 16.6. The SMILES string of the molecule is [B]c1sc(-c2ccc3c(c2)N(CC(CC)CCCC)C(=O)/C3=C2/C(=O)N(CC(CC)CCCC)c3cc(-c4cc(CC)c([B])s4)ccc32)cc1C. The quantitative estimate of drug-likeness (QED) is 0.0910. The molecule has 2 aromatic heterocycles. The third-order valence-electron chi connectivity index (χ3n) is 11.0. The Bertz CT molecular complexity index is 1940. The number of benzene rings is 2. The fourth-order valence-corrected chi connectivity index (χ4v) is 9.61. The first-order valence-corrected chi connectivity index (χ1v) is 20.7. The molecular formula is C43H50B2N2O2S2. The van der Waals surface area contributed by atoms with Crippen LogP contribution in [-0.2, 0) is 16.0 Å². The molecular weight excluding hydrogens is 662 g/mol. The highest BCUT2D eigenvalue weighted by atomic mass is 32.1. The van der Waals surface area contributed by atoms with Gasteiger partial charge in [0.25, 0.3) is 11.8 Å². The van der Waals surface area contributed by atoms with Gasteiger partial charge in [0.1, 0.15) is 15.7 Å². The minimum Gasteiger partial charge on any atom is -0.307 e. The maximum Gasteiger partial charge on any atom is 0.259 e. The van der Waals surface area contributed by atoms with Crippen molar-refractivity contribution >= 4 is 82.3 Å². The Morgan fingerprint density at radius 2 is 1.12 bits per heavy atom. The molecule has 2 aromatic carbocycles. The Labute approximate surface area is 316 Å². The molecule has 0 saturated heterocycles. The van der Waals surface area contributed by atoms with Gasteiger partial charge >= 0.3 is 0 Å². The molecule has 2 aliphatic heterocycles. The summed E-state index contributed by atoms with van der Waals surface area (Å²) < 4.78 is 1.65. The van der Waals surface area contributed by atoms with Crippen molar-refractivity contribution in [2.45, 2.75) is 99.3 Å². The average molecular weight is 713 g/mol. The first-order valence-electron chi connectivity index (χ1n) is 19.0. The third-order valence-corrected chi connectivity index (χ3v) is 13.2. The number of rotatable bonds is 15. The van der Waals surface area contributed by atoms with Crippen molar-refractivity contribution in [2.75, 3.05) is 22.9 Å². The monoisotopic (exact) mass is 712 g/mol. The van der Waals surface area contributed by atoms with Gasteiger partial charge in [0.05, 0.1) is 22.5 Å². The molecule has 51 heavy (non-hydrogen) atoms. The highest BCUT2D eigenvalue weighted by Crippen LogP contribution is 2.49. The predicted octanol–water partition coefficient (Wildman–Crippen LogP) is 9.64. The van der Waals surface area contributed by atoms with Crippen LogP contribution in [0.1, 0.15) is 108 Å². The molecule has 6 rings (SSSR count). The lowest BCUT2D eigenvalue weighted by Gasteiger charge is -2.24. The minimum absolute atomic E-state index is 0.0723. The number of amides is 2. The van der Waals surface area contributed by atoms with Crippen LogP contribution in [0.15, 0.2) is 48.5 Å². The van der Waals surface area contributed by atoms with Crippen molar-refractivity contribution in [1.82, 2.24) is 0 Å². The lowest BCUT2D eigenvalue weighted by atomic mass is 9.94. The summed E-state index contributed by atoms with van der Waals surface area (Å²) in [6.07, 6.45) is 9.51. The summed E-state index contributed by atoms with van der Waals surface area (Å²) in [6, 6.07) is 16.9. The van der Waals surface area contributed by atoms with E-state index < -0.39 is 0 Å². The number of hydrogen-bond acceptors (Lipinski definition) is 4. The average Bonchev–Trinajstić information content (AvgIpc) is 3.84. The molecule has 0 bridgehead atoms. The van der Waals surface area contributed by atoms with Gasteiger partial charge in [0, 0.05) is 34.0 Å². The van der Waals surface area contributed by atoms with E-state index in [1.165, 1.54) is 0 Å². The van der Waals surface area contributed by atoms with Crippen LogP contribution in [0.2, 0.25) is 0 Å². The molecule has 0 saturated carbocycles. The lowest BCUT2D eigenvalue weighted by Crippen LogP contribution is -2.34. The van der Waals surface area contributed by atoms with E-state index in [-0.39, 0.29) is 11.8 Å². The maximum absolute atomic E-state index is 14.9. The van der Waals surface area contributed by atoms with E-state index in [9.17, 15) is 9.59 Å². The van der Waals surface area contributed by atoms with Gasteiger partial charge in [-0.3, -0.25) is 9.59 Å². The van der Waals surface area contributed by atoms with Crippen molar-refractivity contribution in [2.24, 2.45) is 11.8 Å². The normalized spacial score (nSPS) is 16.7. The molecule has 262 valence electrons. The van der Waals surface area contributed by atoms with Crippen molar-refractivity contribution in [3.8, 4) is 20.9 Å². The van der Waals surface area contributed by atoms with Crippen LogP contribution in [0, 0.1) is 18.8 Å². The Morgan fingerprint density at radius 3 is 1.51 bits per heavy atom. The summed E-state index contributed by atoms with van der Waals surface area (Å²) in [5, 5.41) is 0. The molecule has 4 radical (unpaired) electrons. The number of nitrogens with zero attached hydrogens (tertiary/aromatic N) is 2. The van der Waals surface area contributed by atoms with Gasteiger partial charge in [-0.05, 0) is 94.1 Å². The summed E-state index contributed by atoms with van der Waals surface area (Å²) in [7, 11) is 12.7. The molecule has 2 aliphatic rings. The van der Waals surface area contributed by atoms with Crippen LogP contribution >= 0.6 is 22.7 Å².